The highest BCUT2D eigenvalue weighted by molar-refractivity contribution is 5.88. The summed E-state index contributed by atoms with van der Waals surface area (Å²) >= 11 is 0. The molecule has 0 unspecified atom stereocenters. The van der Waals surface area contributed by atoms with E-state index in [-0.39, 0.29) is 12.3 Å². The summed E-state index contributed by atoms with van der Waals surface area (Å²) in [5.74, 6) is 0.443. The van der Waals surface area contributed by atoms with Gasteiger partial charge < -0.3 is 19.9 Å². The van der Waals surface area contributed by atoms with Crippen LogP contribution in [0.1, 0.15) is 37.8 Å². The second-order valence-corrected chi connectivity index (χ2v) is 7.00. The molecule has 6 heteroatoms. The zero-order chi connectivity index (χ0) is 20.6. The Balaban J connectivity index is 1.90. The fourth-order valence-corrected chi connectivity index (χ4v) is 2.80. The largest absolute Gasteiger partial charge is 0.496 e. The Morgan fingerprint density at radius 1 is 1.07 bits per heavy atom. The smallest absolute Gasteiger partial charge is 0.303 e. The number of hydrogen-bond acceptors (Lipinski definition) is 4. The Kier molecular flexibility index (Phi) is 7.44. The van der Waals surface area contributed by atoms with E-state index in [0.29, 0.717) is 31.1 Å². The lowest BCUT2D eigenvalue weighted by atomic mass is 9.83. The molecule has 1 amide bonds. The highest BCUT2D eigenvalue weighted by Gasteiger charge is 2.32. The number of carbonyl (C=O) groups is 2. The van der Waals surface area contributed by atoms with Gasteiger partial charge in [0.05, 0.1) is 19.1 Å². The fourth-order valence-electron chi connectivity index (χ4n) is 2.80. The SMILES string of the molecule is COc1ccccc1C(C)(C)C(=O)NCc1ccc(OCCCC(=O)O)cc1. The Morgan fingerprint density at radius 3 is 2.39 bits per heavy atom. The van der Waals surface area contributed by atoms with Gasteiger partial charge in [-0.25, -0.2) is 0 Å². The van der Waals surface area contributed by atoms with Gasteiger partial charge in [0.1, 0.15) is 11.5 Å². The van der Waals surface area contributed by atoms with E-state index < -0.39 is 11.4 Å². The first-order chi connectivity index (χ1) is 13.3. The van der Waals surface area contributed by atoms with Crippen molar-refractivity contribution in [1.82, 2.24) is 5.32 Å². The van der Waals surface area contributed by atoms with Crippen LogP contribution >= 0.6 is 0 Å². The molecule has 2 N–H and O–H groups in total. The Hall–Kier alpha value is -3.02. The average Bonchev–Trinajstić information content (AvgIpc) is 2.70. The number of hydrogen-bond donors (Lipinski definition) is 2. The molecule has 0 aliphatic heterocycles. The molecule has 0 heterocycles. The van der Waals surface area contributed by atoms with Crippen LogP contribution in [0, 0.1) is 0 Å². The number of nitrogens with one attached hydrogen (secondary N) is 1. The molecule has 150 valence electrons. The van der Waals surface area contributed by atoms with Crippen LogP contribution in [0.15, 0.2) is 48.5 Å². The predicted octanol–water partition coefficient (Wildman–Crippen LogP) is 3.53. The van der Waals surface area contributed by atoms with E-state index in [1.807, 2.05) is 62.4 Å². The number of carbonyl (C=O) groups excluding carboxylic acids is 1. The molecule has 28 heavy (non-hydrogen) atoms. The minimum absolute atomic E-state index is 0.0894. The molecule has 6 nitrogen and oxygen atoms in total. The van der Waals surface area contributed by atoms with Gasteiger partial charge in [-0.05, 0) is 44.0 Å². The lowest BCUT2D eigenvalue weighted by molar-refractivity contribution is -0.137. The van der Waals surface area contributed by atoms with E-state index in [1.54, 1.807) is 7.11 Å². The van der Waals surface area contributed by atoms with E-state index in [4.69, 9.17) is 14.6 Å². The number of methoxy groups -OCH3 is 1. The van der Waals surface area contributed by atoms with Gasteiger partial charge in [0.25, 0.3) is 0 Å². The van der Waals surface area contributed by atoms with Gasteiger partial charge in [-0.3, -0.25) is 9.59 Å². The zero-order valence-corrected chi connectivity index (χ0v) is 16.5. The summed E-state index contributed by atoms with van der Waals surface area (Å²) in [5.41, 5.74) is 1.04. The Labute approximate surface area is 165 Å². The summed E-state index contributed by atoms with van der Waals surface area (Å²) in [6.45, 7) is 4.49. The number of amides is 1. The molecular weight excluding hydrogens is 358 g/mol. The summed E-state index contributed by atoms with van der Waals surface area (Å²) in [7, 11) is 1.60. The van der Waals surface area contributed by atoms with Crippen LogP contribution in [-0.2, 0) is 21.5 Å². The maximum Gasteiger partial charge on any atom is 0.303 e. The van der Waals surface area contributed by atoms with Crippen LogP contribution in [0.25, 0.3) is 0 Å². The molecule has 0 aliphatic rings. The number of ether oxygens (including phenoxy) is 2. The van der Waals surface area contributed by atoms with Gasteiger partial charge in [0, 0.05) is 18.5 Å². The summed E-state index contributed by atoms with van der Waals surface area (Å²) in [5, 5.41) is 11.6. The highest BCUT2D eigenvalue weighted by Crippen LogP contribution is 2.31. The van der Waals surface area contributed by atoms with Crippen LogP contribution in [0.3, 0.4) is 0 Å². The molecule has 2 rings (SSSR count). The number of para-hydroxylation sites is 1. The lowest BCUT2D eigenvalue weighted by Crippen LogP contribution is -2.39. The van der Waals surface area contributed by atoms with Crippen LogP contribution in [0.5, 0.6) is 11.5 Å². The van der Waals surface area contributed by atoms with Gasteiger partial charge in [-0.1, -0.05) is 30.3 Å². The first-order valence-electron chi connectivity index (χ1n) is 9.20. The van der Waals surface area contributed by atoms with Crippen molar-refractivity contribution in [3.05, 3.63) is 59.7 Å². The summed E-state index contributed by atoms with van der Waals surface area (Å²) in [6, 6.07) is 14.9. The first-order valence-corrected chi connectivity index (χ1v) is 9.20. The van der Waals surface area contributed by atoms with E-state index in [2.05, 4.69) is 5.32 Å². The monoisotopic (exact) mass is 385 g/mol. The molecule has 0 radical (unpaired) electrons. The fraction of sp³-hybridized carbons (Fsp3) is 0.364. The molecule has 0 fully saturated rings. The Bertz CT molecular complexity index is 799. The van der Waals surface area contributed by atoms with Crippen molar-refractivity contribution in [2.75, 3.05) is 13.7 Å². The van der Waals surface area contributed by atoms with Gasteiger partial charge in [-0.15, -0.1) is 0 Å². The average molecular weight is 385 g/mol. The molecular formula is C22H27NO5. The minimum atomic E-state index is -0.828. The van der Waals surface area contributed by atoms with Gasteiger partial charge >= 0.3 is 5.97 Å². The number of carboxylic acid groups (broad SMARTS) is 1. The topological polar surface area (TPSA) is 84.9 Å². The predicted molar refractivity (Wildman–Crippen MR) is 107 cm³/mol. The van der Waals surface area contributed by atoms with Crippen molar-refractivity contribution in [2.45, 2.75) is 38.6 Å². The number of rotatable bonds is 10. The molecule has 2 aromatic carbocycles. The number of benzene rings is 2. The molecule has 0 aromatic heterocycles. The van der Waals surface area contributed by atoms with E-state index in [1.165, 1.54) is 0 Å². The standard InChI is InChI=1S/C22H27NO5/c1-22(2,18-7-4-5-8-19(18)27-3)21(26)23-15-16-10-12-17(13-11-16)28-14-6-9-20(24)25/h4-5,7-8,10-13H,6,9,14-15H2,1-3H3,(H,23,26)(H,24,25). The third kappa shape index (κ3) is 5.74. The van der Waals surface area contributed by atoms with Crippen LogP contribution < -0.4 is 14.8 Å². The summed E-state index contributed by atoms with van der Waals surface area (Å²) in [6.07, 6.45) is 0.553. The van der Waals surface area contributed by atoms with Crippen molar-refractivity contribution in [3.8, 4) is 11.5 Å². The maximum absolute atomic E-state index is 12.8. The van der Waals surface area contributed by atoms with E-state index in [0.717, 1.165) is 11.1 Å². The quantitative estimate of drug-likeness (QED) is 0.611. The number of aliphatic carboxylic acids is 1. The van der Waals surface area contributed by atoms with Crippen molar-refractivity contribution in [2.24, 2.45) is 0 Å². The maximum atomic E-state index is 12.8. The lowest BCUT2D eigenvalue weighted by Gasteiger charge is -2.26. The number of carboxylic acids is 1. The first kappa shape index (κ1) is 21.3. The van der Waals surface area contributed by atoms with Crippen LogP contribution in [-0.4, -0.2) is 30.7 Å². The minimum Gasteiger partial charge on any atom is -0.496 e. The van der Waals surface area contributed by atoms with E-state index >= 15 is 0 Å². The third-order valence-electron chi connectivity index (χ3n) is 4.53. The van der Waals surface area contributed by atoms with E-state index in [9.17, 15) is 9.59 Å². The van der Waals surface area contributed by atoms with Crippen LogP contribution in [0.2, 0.25) is 0 Å². The van der Waals surface area contributed by atoms with Crippen LogP contribution in [0.4, 0.5) is 0 Å². The van der Waals surface area contributed by atoms with Crippen molar-refractivity contribution < 1.29 is 24.2 Å². The molecule has 2 aromatic rings. The summed E-state index contributed by atoms with van der Waals surface area (Å²) in [4.78, 5) is 23.2. The van der Waals surface area contributed by atoms with Crippen molar-refractivity contribution in [1.29, 1.82) is 0 Å². The van der Waals surface area contributed by atoms with Crippen molar-refractivity contribution >= 4 is 11.9 Å². The molecule has 0 aliphatic carbocycles. The second-order valence-electron chi connectivity index (χ2n) is 7.00. The molecule has 0 spiro atoms. The van der Waals surface area contributed by atoms with Gasteiger partial charge in [0.15, 0.2) is 0 Å². The van der Waals surface area contributed by atoms with Crippen molar-refractivity contribution in [3.63, 3.8) is 0 Å². The van der Waals surface area contributed by atoms with Gasteiger partial charge in [0.2, 0.25) is 5.91 Å². The molecule has 0 saturated heterocycles. The second kappa shape index (κ2) is 9.78. The molecule has 0 saturated carbocycles. The highest BCUT2D eigenvalue weighted by atomic mass is 16.5. The summed E-state index contributed by atoms with van der Waals surface area (Å²) < 4.78 is 10.9. The molecule has 0 atom stereocenters. The Morgan fingerprint density at radius 2 is 1.75 bits per heavy atom. The third-order valence-corrected chi connectivity index (χ3v) is 4.53. The zero-order valence-electron chi connectivity index (χ0n) is 16.5. The molecule has 0 bridgehead atoms. The van der Waals surface area contributed by atoms with Gasteiger partial charge in [-0.2, -0.15) is 0 Å². The normalized spacial score (nSPS) is 11.0.